The van der Waals surface area contributed by atoms with Crippen molar-refractivity contribution in [1.82, 2.24) is 0 Å². The van der Waals surface area contributed by atoms with Crippen molar-refractivity contribution >= 4 is 5.69 Å². The van der Waals surface area contributed by atoms with Crippen molar-refractivity contribution in [2.45, 2.75) is 59.4 Å². The molecule has 3 aromatic rings. The van der Waals surface area contributed by atoms with Crippen molar-refractivity contribution in [1.29, 1.82) is 0 Å². The largest absolute Gasteiger partial charge is 0.507 e. The van der Waals surface area contributed by atoms with E-state index in [0.717, 1.165) is 28.0 Å². The van der Waals surface area contributed by atoms with Crippen LogP contribution in [0, 0.1) is 6.92 Å². The lowest BCUT2D eigenvalue weighted by atomic mass is 9.91. The van der Waals surface area contributed by atoms with E-state index in [2.05, 4.69) is 71.1 Å². The molecule has 164 valence electrons. The summed E-state index contributed by atoms with van der Waals surface area (Å²) in [5.41, 5.74) is 7.45. The molecule has 0 bridgehead atoms. The average molecular weight is 418 g/mol. The zero-order valence-corrected chi connectivity index (χ0v) is 19.8. The first kappa shape index (κ1) is 22.7. The van der Waals surface area contributed by atoms with Gasteiger partial charge in [-0.3, -0.25) is 0 Å². The molecule has 0 saturated heterocycles. The Balaban J connectivity index is 2.09. The minimum absolute atomic E-state index is 0.0641. The number of hydrogen-bond donors (Lipinski definition) is 2. The number of rotatable bonds is 7. The standard InChI is InChI=1S/C28H35NO2/c1-17(2)21-12-10-13-22(18(3)4)27(21)29-20(6)24-15-19(5)16-25(28(24)30)23-11-8-9-14-26(23)31-7/h8-18,20,29-30H,1-7H3. The van der Waals surface area contributed by atoms with Crippen molar-refractivity contribution in [3.63, 3.8) is 0 Å². The summed E-state index contributed by atoms with van der Waals surface area (Å²) >= 11 is 0. The molecule has 1 atom stereocenters. The Morgan fingerprint density at radius 2 is 1.39 bits per heavy atom. The first-order chi connectivity index (χ1) is 14.7. The van der Waals surface area contributed by atoms with E-state index in [-0.39, 0.29) is 6.04 Å². The maximum Gasteiger partial charge on any atom is 0.128 e. The van der Waals surface area contributed by atoms with Gasteiger partial charge in [0.15, 0.2) is 0 Å². The van der Waals surface area contributed by atoms with Crippen molar-refractivity contribution in [3.8, 4) is 22.6 Å². The van der Waals surface area contributed by atoms with Crippen LogP contribution in [0.5, 0.6) is 11.5 Å². The average Bonchev–Trinajstić information content (AvgIpc) is 2.74. The Labute approximate surface area is 187 Å². The van der Waals surface area contributed by atoms with E-state index in [1.165, 1.54) is 16.8 Å². The second-order valence-corrected chi connectivity index (χ2v) is 8.94. The van der Waals surface area contributed by atoms with Gasteiger partial charge in [0.2, 0.25) is 0 Å². The van der Waals surface area contributed by atoms with Crippen LogP contribution in [0.4, 0.5) is 5.69 Å². The number of para-hydroxylation sites is 2. The number of nitrogens with one attached hydrogen (secondary N) is 1. The van der Waals surface area contributed by atoms with Crippen LogP contribution < -0.4 is 10.1 Å². The summed E-state index contributed by atoms with van der Waals surface area (Å²) in [4.78, 5) is 0. The minimum Gasteiger partial charge on any atom is -0.507 e. The monoisotopic (exact) mass is 417 g/mol. The molecule has 1 unspecified atom stereocenters. The van der Waals surface area contributed by atoms with Crippen molar-refractivity contribution in [2.24, 2.45) is 0 Å². The fourth-order valence-electron chi connectivity index (χ4n) is 4.22. The molecule has 0 aliphatic rings. The van der Waals surface area contributed by atoms with Gasteiger partial charge in [0.25, 0.3) is 0 Å². The molecule has 0 fully saturated rings. The number of phenols is 1. The van der Waals surface area contributed by atoms with Gasteiger partial charge < -0.3 is 15.2 Å². The Bertz CT molecular complexity index is 1030. The topological polar surface area (TPSA) is 41.5 Å². The van der Waals surface area contributed by atoms with E-state index in [0.29, 0.717) is 17.6 Å². The highest BCUT2D eigenvalue weighted by Gasteiger charge is 2.21. The van der Waals surface area contributed by atoms with E-state index in [9.17, 15) is 5.11 Å². The van der Waals surface area contributed by atoms with Crippen LogP contribution in [0.3, 0.4) is 0 Å². The fourth-order valence-corrected chi connectivity index (χ4v) is 4.22. The first-order valence-electron chi connectivity index (χ1n) is 11.1. The van der Waals surface area contributed by atoms with Gasteiger partial charge in [-0.1, -0.05) is 70.2 Å². The predicted molar refractivity (Wildman–Crippen MR) is 131 cm³/mol. The van der Waals surface area contributed by atoms with Gasteiger partial charge in [-0.15, -0.1) is 0 Å². The molecular formula is C28H35NO2. The highest BCUT2D eigenvalue weighted by Crippen LogP contribution is 2.42. The number of methoxy groups -OCH3 is 1. The molecule has 3 nitrogen and oxygen atoms in total. The summed E-state index contributed by atoms with van der Waals surface area (Å²) in [6.45, 7) is 13.1. The molecule has 0 aliphatic heterocycles. The van der Waals surface area contributed by atoms with Gasteiger partial charge >= 0.3 is 0 Å². The number of phenolic OH excluding ortho intramolecular Hbond substituents is 1. The molecular weight excluding hydrogens is 382 g/mol. The zero-order chi connectivity index (χ0) is 22.7. The van der Waals surface area contributed by atoms with Crippen LogP contribution in [0.1, 0.15) is 74.8 Å². The van der Waals surface area contributed by atoms with E-state index in [1.807, 2.05) is 30.3 Å². The van der Waals surface area contributed by atoms with Gasteiger partial charge in [0, 0.05) is 22.4 Å². The normalized spacial score (nSPS) is 12.3. The van der Waals surface area contributed by atoms with Gasteiger partial charge in [0.1, 0.15) is 11.5 Å². The summed E-state index contributed by atoms with van der Waals surface area (Å²) < 4.78 is 5.55. The molecule has 0 radical (unpaired) electrons. The summed E-state index contributed by atoms with van der Waals surface area (Å²) in [5, 5.41) is 15.0. The number of ether oxygens (including phenoxy) is 1. The van der Waals surface area contributed by atoms with Crippen molar-refractivity contribution in [2.75, 3.05) is 12.4 Å². The highest BCUT2D eigenvalue weighted by molar-refractivity contribution is 5.78. The van der Waals surface area contributed by atoms with Crippen LogP contribution in [-0.2, 0) is 0 Å². The molecule has 0 aliphatic carbocycles. The first-order valence-corrected chi connectivity index (χ1v) is 11.1. The minimum atomic E-state index is -0.0641. The Kier molecular flexibility index (Phi) is 6.94. The van der Waals surface area contributed by atoms with E-state index >= 15 is 0 Å². The van der Waals surface area contributed by atoms with Gasteiger partial charge in [-0.2, -0.15) is 0 Å². The van der Waals surface area contributed by atoms with E-state index < -0.39 is 0 Å². The number of aryl methyl sites for hydroxylation is 1. The SMILES string of the molecule is COc1ccccc1-c1cc(C)cc(C(C)Nc2c(C(C)C)cccc2C(C)C)c1O. The molecule has 3 aromatic carbocycles. The zero-order valence-electron chi connectivity index (χ0n) is 19.8. The predicted octanol–water partition coefficient (Wildman–Crippen LogP) is 7.80. The third-order valence-electron chi connectivity index (χ3n) is 5.88. The van der Waals surface area contributed by atoms with Crippen molar-refractivity contribution in [3.05, 3.63) is 76.9 Å². The molecule has 3 rings (SSSR count). The van der Waals surface area contributed by atoms with Crippen LogP contribution in [0.25, 0.3) is 11.1 Å². The Hall–Kier alpha value is -2.94. The van der Waals surface area contributed by atoms with Crippen LogP contribution in [0.15, 0.2) is 54.6 Å². The lowest BCUT2D eigenvalue weighted by Gasteiger charge is -2.26. The third kappa shape index (κ3) is 4.71. The summed E-state index contributed by atoms with van der Waals surface area (Å²) in [6, 6.07) is 18.4. The third-order valence-corrected chi connectivity index (χ3v) is 5.88. The second kappa shape index (κ2) is 9.47. The molecule has 0 aromatic heterocycles. The van der Waals surface area contributed by atoms with Crippen LogP contribution >= 0.6 is 0 Å². The fraction of sp³-hybridized carbons (Fsp3) is 0.357. The smallest absolute Gasteiger partial charge is 0.128 e. The van der Waals surface area contributed by atoms with Crippen molar-refractivity contribution < 1.29 is 9.84 Å². The summed E-state index contributed by atoms with van der Waals surface area (Å²) in [6.07, 6.45) is 0. The molecule has 0 spiro atoms. The second-order valence-electron chi connectivity index (χ2n) is 8.94. The molecule has 2 N–H and O–H groups in total. The van der Waals surface area contributed by atoms with Gasteiger partial charge in [-0.05, 0) is 54.5 Å². The van der Waals surface area contributed by atoms with Gasteiger partial charge in [0.05, 0.1) is 13.2 Å². The van der Waals surface area contributed by atoms with E-state index in [4.69, 9.17) is 4.74 Å². The molecule has 31 heavy (non-hydrogen) atoms. The number of hydrogen-bond acceptors (Lipinski definition) is 3. The lowest BCUT2D eigenvalue weighted by Crippen LogP contribution is -2.12. The van der Waals surface area contributed by atoms with E-state index in [1.54, 1.807) is 7.11 Å². The summed E-state index contributed by atoms with van der Waals surface area (Å²) in [5.74, 6) is 1.86. The number of benzene rings is 3. The molecule has 0 amide bonds. The molecule has 0 heterocycles. The van der Waals surface area contributed by atoms with Crippen LogP contribution in [0.2, 0.25) is 0 Å². The van der Waals surface area contributed by atoms with Gasteiger partial charge in [-0.25, -0.2) is 0 Å². The number of aromatic hydroxyl groups is 1. The van der Waals surface area contributed by atoms with Crippen LogP contribution in [-0.4, -0.2) is 12.2 Å². The molecule has 3 heteroatoms. The molecule has 0 saturated carbocycles. The quantitative estimate of drug-likeness (QED) is 0.412. The highest BCUT2D eigenvalue weighted by atomic mass is 16.5. The Morgan fingerprint density at radius 3 is 1.97 bits per heavy atom. The lowest BCUT2D eigenvalue weighted by molar-refractivity contribution is 0.415. The summed E-state index contributed by atoms with van der Waals surface area (Å²) in [7, 11) is 1.66. The maximum absolute atomic E-state index is 11.3. The number of anilines is 1. The maximum atomic E-state index is 11.3. The Morgan fingerprint density at radius 1 is 0.774 bits per heavy atom.